The van der Waals surface area contributed by atoms with Crippen molar-refractivity contribution >= 4 is 23.7 Å². The van der Waals surface area contributed by atoms with Crippen LogP contribution in [0.3, 0.4) is 0 Å². The molecule has 1 rings (SSSR count). The third kappa shape index (κ3) is 7.16. The summed E-state index contributed by atoms with van der Waals surface area (Å²) in [6.45, 7) is 9.06. The molecular formula is C18H32N7O5. The second-order valence-corrected chi connectivity index (χ2v) is 7.69. The van der Waals surface area contributed by atoms with Gasteiger partial charge in [-0.05, 0) is 31.6 Å². The summed E-state index contributed by atoms with van der Waals surface area (Å²) in [5, 5.41) is 25.2. The van der Waals surface area contributed by atoms with Gasteiger partial charge in [0.05, 0.1) is 0 Å². The van der Waals surface area contributed by atoms with Crippen LogP contribution < -0.4 is 21.4 Å². The Kier molecular flexibility index (Phi) is 9.47. The highest BCUT2D eigenvalue weighted by Crippen LogP contribution is 2.20. The lowest BCUT2D eigenvalue weighted by molar-refractivity contribution is -0.526. The van der Waals surface area contributed by atoms with E-state index in [1.165, 1.54) is 11.8 Å². The Morgan fingerprint density at radius 3 is 2.53 bits per heavy atom. The van der Waals surface area contributed by atoms with Gasteiger partial charge in [-0.2, -0.15) is 0 Å². The zero-order valence-electron chi connectivity index (χ0n) is 17.9. The van der Waals surface area contributed by atoms with Gasteiger partial charge in [0.2, 0.25) is 11.8 Å². The van der Waals surface area contributed by atoms with Crippen LogP contribution in [0.1, 0.15) is 59.8 Å². The third-order valence-electron chi connectivity index (χ3n) is 4.67. The average Bonchev–Trinajstić information content (AvgIpc) is 3.10. The summed E-state index contributed by atoms with van der Waals surface area (Å²) in [7, 11) is 0. The second-order valence-electron chi connectivity index (χ2n) is 7.69. The maximum absolute atomic E-state index is 13.0. The number of nitro groups is 1. The Morgan fingerprint density at radius 2 is 2.00 bits per heavy atom. The molecule has 1 fully saturated rings. The van der Waals surface area contributed by atoms with Crippen molar-refractivity contribution in [2.45, 2.75) is 71.5 Å². The SMILES string of the molecule is CCC[C@](NC(=N)N[N+](=O)[O-])(NC(=O)[C@@H]1CCCN1C(C)=O)C(=O)N[CH]CC(C)C. The lowest BCUT2D eigenvalue weighted by atomic mass is 10.0. The molecule has 30 heavy (non-hydrogen) atoms. The first-order valence-corrected chi connectivity index (χ1v) is 10.0. The standard InChI is InChI=1S/C18H32N7O5/c1-5-9-18(22-17(19)23-25(29)30,16(28)20-10-8-12(2)3)21-15(27)14-7-6-11-24(14)13(4)26/h10,12,14H,5-9,11H2,1-4H3,(H,20,28)(H,21,27)(H3,19,22,23)/t14-,18+/m0/s1. The van der Waals surface area contributed by atoms with E-state index in [1.54, 1.807) is 18.9 Å². The van der Waals surface area contributed by atoms with E-state index >= 15 is 0 Å². The monoisotopic (exact) mass is 426 g/mol. The van der Waals surface area contributed by atoms with Crippen LogP contribution in [0.15, 0.2) is 0 Å². The van der Waals surface area contributed by atoms with Gasteiger partial charge in [-0.3, -0.25) is 19.8 Å². The molecule has 1 aliphatic heterocycles. The molecule has 12 nitrogen and oxygen atoms in total. The number of hydrogen-bond donors (Lipinski definition) is 5. The van der Waals surface area contributed by atoms with Crippen LogP contribution in [0.5, 0.6) is 0 Å². The second kappa shape index (κ2) is 11.3. The predicted molar refractivity (Wildman–Crippen MR) is 109 cm³/mol. The molecule has 0 aliphatic carbocycles. The molecule has 0 aromatic carbocycles. The molecule has 2 atom stereocenters. The first-order valence-electron chi connectivity index (χ1n) is 10.0. The summed E-state index contributed by atoms with van der Waals surface area (Å²) in [5.74, 6) is -1.93. The summed E-state index contributed by atoms with van der Waals surface area (Å²) in [4.78, 5) is 49.9. The number of nitrogens with one attached hydrogen (secondary N) is 5. The van der Waals surface area contributed by atoms with Crippen LogP contribution in [0.2, 0.25) is 0 Å². The van der Waals surface area contributed by atoms with E-state index in [1.807, 2.05) is 13.8 Å². The first-order chi connectivity index (χ1) is 14.0. The van der Waals surface area contributed by atoms with Gasteiger partial charge in [-0.25, -0.2) is 10.1 Å². The van der Waals surface area contributed by atoms with Gasteiger partial charge in [0.15, 0.2) is 10.7 Å². The minimum Gasteiger partial charge on any atom is -0.348 e. The molecule has 1 heterocycles. The Hall–Kier alpha value is -2.92. The highest BCUT2D eigenvalue weighted by molar-refractivity contribution is 5.97. The zero-order chi connectivity index (χ0) is 22.9. The normalized spacial score (nSPS) is 17.8. The number of hydrazine groups is 1. The van der Waals surface area contributed by atoms with Crippen molar-refractivity contribution in [3.8, 4) is 0 Å². The van der Waals surface area contributed by atoms with Crippen LogP contribution >= 0.6 is 0 Å². The molecule has 1 saturated heterocycles. The van der Waals surface area contributed by atoms with Gasteiger partial charge in [-0.15, -0.1) is 0 Å². The van der Waals surface area contributed by atoms with Crippen LogP contribution in [0.4, 0.5) is 0 Å². The van der Waals surface area contributed by atoms with Crippen LogP contribution in [-0.4, -0.2) is 51.9 Å². The number of rotatable bonds is 10. The fourth-order valence-corrected chi connectivity index (χ4v) is 3.31. The molecule has 1 radical (unpaired) electrons. The predicted octanol–water partition coefficient (Wildman–Crippen LogP) is 0.240. The van der Waals surface area contributed by atoms with E-state index in [2.05, 4.69) is 16.0 Å². The van der Waals surface area contributed by atoms with Gasteiger partial charge in [0, 0.05) is 20.0 Å². The van der Waals surface area contributed by atoms with Crippen LogP contribution in [-0.2, 0) is 14.4 Å². The molecule has 0 spiro atoms. The highest BCUT2D eigenvalue weighted by Gasteiger charge is 2.43. The molecule has 5 N–H and O–H groups in total. The number of carbonyl (C=O) groups is 3. The van der Waals surface area contributed by atoms with Crippen molar-refractivity contribution in [1.82, 2.24) is 26.3 Å². The minimum atomic E-state index is -1.80. The number of carbonyl (C=O) groups excluding carboxylic acids is 3. The maximum Gasteiger partial charge on any atom is 0.266 e. The van der Waals surface area contributed by atoms with E-state index in [0.29, 0.717) is 32.2 Å². The Bertz CT molecular complexity index is 669. The molecule has 12 heteroatoms. The number of nitrogens with zero attached hydrogens (tertiary/aromatic N) is 2. The molecule has 1 aliphatic rings. The fourth-order valence-electron chi connectivity index (χ4n) is 3.31. The molecule has 0 unspecified atom stereocenters. The molecule has 0 bridgehead atoms. The quantitative estimate of drug-likeness (QED) is 0.109. The van der Waals surface area contributed by atoms with Crippen molar-refractivity contribution in [3.05, 3.63) is 16.7 Å². The zero-order valence-corrected chi connectivity index (χ0v) is 17.9. The van der Waals surface area contributed by atoms with Crippen LogP contribution in [0.25, 0.3) is 0 Å². The molecule has 3 amide bonds. The van der Waals surface area contributed by atoms with E-state index in [4.69, 9.17) is 5.41 Å². The summed E-state index contributed by atoms with van der Waals surface area (Å²) < 4.78 is 0. The minimum absolute atomic E-state index is 0.0641. The molecular weight excluding hydrogens is 394 g/mol. The van der Waals surface area contributed by atoms with Crippen molar-refractivity contribution in [3.63, 3.8) is 0 Å². The van der Waals surface area contributed by atoms with Gasteiger partial charge in [0.1, 0.15) is 6.04 Å². The summed E-state index contributed by atoms with van der Waals surface area (Å²) >= 11 is 0. The van der Waals surface area contributed by atoms with Gasteiger partial charge in [-0.1, -0.05) is 32.6 Å². The molecule has 169 valence electrons. The van der Waals surface area contributed by atoms with Crippen molar-refractivity contribution in [1.29, 1.82) is 5.41 Å². The number of amides is 3. The first kappa shape index (κ1) is 25.1. The van der Waals surface area contributed by atoms with Crippen molar-refractivity contribution < 1.29 is 19.4 Å². The molecule has 0 saturated carbocycles. The van der Waals surface area contributed by atoms with Gasteiger partial charge < -0.3 is 20.9 Å². The van der Waals surface area contributed by atoms with Gasteiger partial charge >= 0.3 is 0 Å². The number of likely N-dealkylation sites (tertiary alicyclic amines) is 1. The number of hydrogen-bond acceptors (Lipinski definition) is 6. The number of guanidine groups is 1. The maximum atomic E-state index is 13.0. The summed E-state index contributed by atoms with van der Waals surface area (Å²) in [6.07, 6.45) is 2.16. The molecule has 0 aromatic rings. The Labute approximate surface area is 176 Å². The summed E-state index contributed by atoms with van der Waals surface area (Å²) in [6, 6.07) is -0.745. The average molecular weight is 426 g/mol. The van der Waals surface area contributed by atoms with E-state index in [-0.39, 0.29) is 18.2 Å². The summed E-state index contributed by atoms with van der Waals surface area (Å²) in [5.41, 5.74) is -0.157. The Morgan fingerprint density at radius 1 is 1.33 bits per heavy atom. The highest BCUT2D eigenvalue weighted by atomic mass is 16.7. The largest absolute Gasteiger partial charge is 0.348 e. The van der Waals surface area contributed by atoms with Crippen LogP contribution in [0, 0.1) is 28.0 Å². The van der Waals surface area contributed by atoms with E-state index < -0.39 is 34.5 Å². The smallest absolute Gasteiger partial charge is 0.266 e. The van der Waals surface area contributed by atoms with Crippen molar-refractivity contribution in [2.75, 3.05) is 6.54 Å². The lowest BCUT2D eigenvalue weighted by Gasteiger charge is -2.36. The van der Waals surface area contributed by atoms with Crippen molar-refractivity contribution in [2.24, 2.45) is 5.92 Å². The lowest BCUT2D eigenvalue weighted by Crippen LogP contribution is -2.71. The van der Waals surface area contributed by atoms with E-state index in [9.17, 15) is 24.5 Å². The molecule has 0 aromatic heterocycles. The third-order valence-corrected chi connectivity index (χ3v) is 4.67. The van der Waals surface area contributed by atoms with E-state index in [0.717, 1.165) is 0 Å². The Balaban J connectivity index is 3.12. The topological polar surface area (TPSA) is 170 Å². The fraction of sp³-hybridized carbons (Fsp3) is 0.722. The van der Waals surface area contributed by atoms with Gasteiger partial charge in [0.25, 0.3) is 11.9 Å².